The third-order valence-corrected chi connectivity index (χ3v) is 4.52. The molecule has 27 heavy (non-hydrogen) atoms. The molecule has 1 aliphatic rings. The molecule has 0 spiro atoms. The summed E-state index contributed by atoms with van der Waals surface area (Å²) in [5, 5.41) is 9.18. The van der Waals surface area contributed by atoms with Gasteiger partial charge in [-0.3, -0.25) is 0 Å². The van der Waals surface area contributed by atoms with E-state index >= 15 is 0 Å². The largest absolute Gasteiger partial charge is 0.491 e. The van der Waals surface area contributed by atoms with E-state index in [9.17, 15) is 4.79 Å². The number of rotatable bonds is 8. The first kappa shape index (κ1) is 21.1. The maximum atomic E-state index is 12.1. The van der Waals surface area contributed by atoms with Gasteiger partial charge >= 0.3 is 6.03 Å². The van der Waals surface area contributed by atoms with Crippen LogP contribution in [0.2, 0.25) is 0 Å². The summed E-state index contributed by atoms with van der Waals surface area (Å²) >= 11 is 0. The minimum atomic E-state index is -0.195. The van der Waals surface area contributed by atoms with E-state index in [1.165, 1.54) is 12.0 Å². The van der Waals surface area contributed by atoms with Gasteiger partial charge in [0.1, 0.15) is 5.75 Å². The van der Waals surface area contributed by atoms with Crippen LogP contribution in [-0.4, -0.2) is 31.8 Å². The van der Waals surface area contributed by atoms with Gasteiger partial charge in [-0.2, -0.15) is 0 Å². The highest BCUT2D eigenvalue weighted by atomic mass is 35.5. The van der Waals surface area contributed by atoms with Crippen LogP contribution in [-0.2, 0) is 6.42 Å². The fourth-order valence-electron chi connectivity index (χ4n) is 3.11. The standard InChI is InChI=1S/C21H27N3O2.ClH/c25-21(23-16-18-11-6-14-22-18)24-19-12-4-5-13-20(19)26-15-7-10-17-8-2-1-3-9-17;/h1-5,8-9,12-13,18,22H,6-7,10-11,14-16H2,(H2,23,24,25);1H/t18-;/m1./s1. The number of hydrogen-bond acceptors (Lipinski definition) is 3. The number of hydrogen-bond donors (Lipinski definition) is 3. The van der Waals surface area contributed by atoms with Crippen molar-refractivity contribution in [2.75, 3.05) is 25.0 Å². The molecule has 1 heterocycles. The fourth-order valence-corrected chi connectivity index (χ4v) is 3.11. The summed E-state index contributed by atoms with van der Waals surface area (Å²) < 4.78 is 5.88. The molecule has 0 aliphatic carbocycles. The van der Waals surface area contributed by atoms with Gasteiger partial charge in [0.25, 0.3) is 0 Å². The smallest absolute Gasteiger partial charge is 0.319 e. The molecule has 1 saturated heterocycles. The first-order valence-corrected chi connectivity index (χ1v) is 9.35. The van der Waals surface area contributed by atoms with Crippen molar-refractivity contribution in [1.82, 2.24) is 10.6 Å². The molecule has 3 N–H and O–H groups in total. The zero-order valence-electron chi connectivity index (χ0n) is 15.4. The van der Waals surface area contributed by atoms with Crippen LogP contribution in [0.4, 0.5) is 10.5 Å². The number of amides is 2. The number of nitrogens with one attached hydrogen (secondary N) is 3. The lowest BCUT2D eigenvalue weighted by molar-refractivity contribution is 0.250. The number of anilines is 1. The summed E-state index contributed by atoms with van der Waals surface area (Å²) in [6.07, 6.45) is 4.19. The molecular weight excluding hydrogens is 362 g/mol. The molecule has 2 amide bonds. The SMILES string of the molecule is Cl.O=C(NC[C@H]1CCCN1)Nc1ccccc1OCCCc1ccccc1. The van der Waals surface area contributed by atoms with Crippen molar-refractivity contribution in [1.29, 1.82) is 0 Å². The average molecular weight is 390 g/mol. The van der Waals surface area contributed by atoms with Crippen LogP contribution < -0.4 is 20.7 Å². The Labute approximate surface area is 167 Å². The zero-order valence-corrected chi connectivity index (χ0v) is 16.3. The van der Waals surface area contributed by atoms with Crippen LogP contribution in [0.25, 0.3) is 0 Å². The van der Waals surface area contributed by atoms with Crippen molar-refractivity contribution >= 4 is 24.1 Å². The highest BCUT2D eigenvalue weighted by Crippen LogP contribution is 2.24. The van der Waals surface area contributed by atoms with Gasteiger partial charge in [0, 0.05) is 12.6 Å². The normalized spacial score (nSPS) is 15.6. The van der Waals surface area contributed by atoms with Crippen molar-refractivity contribution < 1.29 is 9.53 Å². The molecule has 2 aromatic rings. The first-order chi connectivity index (χ1) is 12.8. The van der Waals surface area contributed by atoms with E-state index in [1.807, 2.05) is 30.3 Å². The van der Waals surface area contributed by atoms with E-state index < -0.39 is 0 Å². The molecule has 0 radical (unpaired) electrons. The molecular formula is C21H28ClN3O2. The van der Waals surface area contributed by atoms with Gasteiger partial charge in [-0.1, -0.05) is 42.5 Å². The maximum absolute atomic E-state index is 12.1. The van der Waals surface area contributed by atoms with Crippen LogP contribution in [0.3, 0.4) is 0 Å². The van der Waals surface area contributed by atoms with Gasteiger partial charge in [-0.15, -0.1) is 12.4 Å². The highest BCUT2D eigenvalue weighted by Gasteiger charge is 2.15. The van der Waals surface area contributed by atoms with Crippen molar-refractivity contribution in [3.05, 3.63) is 60.2 Å². The Morgan fingerprint density at radius 3 is 2.67 bits per heavy atom. The van der Waals surface area contributed by atoms with E-state index in [-0.39, 0.29) is 18.4 Å². The minimum Gasteiger partial charge on any atom is -0.491 e. The number of carbonyl (C=O) groups excluding carboxylic acids is 1. The molecule has 1 atom stereocenters. The molecule has 146 valence electrons. The van der Waals surface area contributed by atoms with Crippen LogP contribution in [0.5, 0.6) is 5.75 Å². The predicted octanol–water partition coefficient (Wildman–Crippen LogP) is 3.99. The van der Waals surface area contributed by atoms with E-state index in [2.05, 4.69) is 40.2 Å². The number of benzene rings is 2. The Hall–Kier alpha value is -2.24. The van der Waals surface area contributed by atoms with Crippen LogP contribution in [0, 0.1) is 0 Å². The number of urea groups is 1. The highest BCUT2D eigenvalue weighted by molar-refractivity contribution is 5.90. The Kier molecular flexibility index (Phi) is 8.95. The summed E-state index contributed by atoms with van der Waals surface area (Å²) in [6, 6.07) is 18.1. The van der Waals surface area contributed by atoms with Gasteiger partial charge in [0.2, 0.25) is 0 Å². The zero-order chi connectivity index (χ0) is 18.0. The molecule has 1 fully saturated rings. The Morgan fingerprint density at radius 2 is 1.89 bits per heavy atom. The van der Waals surface area contributed by atoms with Crippen molar-refractivity contribution in [3.8, 4) is 5.75 Å². The Morgan fingerprint density at radius 1 is 1.11 bits per heavy atom. The van der Waals surface area contributed by atoms with Crippen molar-refractivity contribution in [2.24, 2.45) is 0 Å². The molecule has 1 aliphatic heterocycles. The van der Waals surface area contributed by atoms with Gasteiger partial charge in [0.05, 0.1) is 12.3 Å². The second kappa shape index (κ2) is 11.5. The quantitative estimate of drug-likeness (QED) is 0.598. The van der Waals surface area contributed by atoms with E-state index in [4.69, 9.17) is 4.74 Å². The maximum Gasteiger partial charge on any atom is 0.319 e. The van der Waals surface area contributed by atoms with Crippen LogP contribution in [0.1, 0.15) is 24.8 Å². The molecule has 2 aromatic carbocycles. The minimum absolute atomic E-state index is 0. The topological polar surface area (TPSA) is 62.4 Å². The predicted molar refractivity (Wildman–Crippen MR) is 112 cm³/mol. The van der Waals surface area contributed by atoms with Gasteiger partial charge in [0.15, 0.2) is 0 Å². The Balaban J connectivity index is 0.00000261. The van der Waals surface area contributed by atoms with Crippen LogP contribution in [0.15, 0.2) is 54.6 Å². The molecule has 5 nitrogen and oxygen atoms in total. The van der Waals surface area contributed by atoms with Gasteiger partial charge < -0.3 is 20.7 Å². The second-order valence-corrected chi connectivity index (χ2v) is 6.56. The van der Waals surface area contributed by atoms with Gasteiger partial charge in [-0.05, 0) is 49.9 Å². The lowest BCUT2D eigenvalue weighted by atomic mass is 10.1. The number of ether oxygens (including phenoxy) is 1. The summed E-state index contributed by atoms with van der Waals surface area (Å²) in [5.41, 5.74) is 2.01. The summed E-state index contributed by atoms with van der Waals surface area (Å²) in [5.74, 6) is 0.703. The lowest BCUT2D eigenvalue weighted by Gasteiger charge is -2.15. The van der Waals surface area contributed by atoms with Crippen molar-refractivity contribution in [2.45, 2.75) is 31.7 Å². The molecule has 6 heteroatoms. The van der Waals surface area contributed by atoms with Crippen molar-refractivity contribution in [3.63, 3.8) is 0 Å². The summed E-state index contributed by atoms with van der Waals surface area (Å²) in [7, 11) is 0. The number of carbonyl (C=O) groups is 1. The Bertz CT molecular complexity index is 691. The molecule has 0 bridgehead atoms. The molecule has 0 unspecified atom stereocenters. The summed E-state index contributed by atoms with van der Waals surface area (Å²) in [6.45, 7) is 2.29. The molecule has 0 aromatic heterocycles. The van der Waals surface area contributed by atoms with Crippen LogP contribution >= 0.6 is 12.4 Å². The van der Waals surface area contributed by atoms with E-state index in [0.717, 1.165) is 25.8 Å². The molecule has 3 rings (SSSR count). The fraction of sp³-hybridized carbons (Fsp3) is 0.381. The lowest BCUT2D eigenvalue weighted by Crippen LogP contribution is -2.39. The summed E-state index contributed by atoms with van der Waals surface area (Å²) in [4.78, 5) is 12.1. The molecule has 0 saturated carbocycles. The van der Waals surface area contributed by atoms with E-state index in [1.54, 1.807) is 0 Å². The third kappa shape index (κ3) is 7.12. The number of para-hydroxylation sites is 2. The first-order valence-electron chi connectivity index (χ1n) is 9.35. The third-order valence-electron chi connectivity index (χ3n) is 4.52. The van der Waals surface area contributed by atoms with E-state index in [0.29, 0.717) is 30.6 Å². The average Bonchev–Trinajstić information content (AvgIpc) is 3.19. The second-order valence-electron chi connectivity index (χ2n) is 6.56. The number of halogens is 1. The van der Waals surface area contributed by atoms with Gasteiger partial charge in [-0.25, -0.2) is 4.79 Å². The number of aryl methyl sites for hydroxylation is 1. The monoisotopic (exact) mass is 389 g/mol.